The molecule has 0 fully saturated rings. The van der Waals surface area contributed by atoms with Crippen molar-refractivity contribution in [3.05, 3.63) is 187 Å². The number of benzene rings is 9. The van der Waals surface area contributed by atoms with Crippen molar-refractivity contribution in [3.63, 3.8) is 0 Å². The summed E-state index contributed by atoms with van der Waals surface area (Å²) in [5.41, 5.74) is 22.2. The van der Waals surface area contributed by atoms with Gasteiger partial charge in [0.05, 0.1) is 16.7 Å². The van der Waals surface area contributed by atoms with Crippen LogP contribution in [0, 0.1) is 0 Å². The molecule has 0 N–H and O–H groups in total. The van der Waals surface area contributed by atoms with Crippen molar-refractivity contribution < 1.29 is 0 Å². The molecule has 2 aromatic heterocycles. The Morgan fingerprint density at radius 3 is 1.71 bits per heavy atom. The summed E-state index contributed by atoms with van der Waals surface area (Å²) in [5.74, 6) is 0.959. The second-order valence-electron chi connectivity index (χ2n) is 20.2. The first-order chi connectivity index (χ1) is 33.6. The predicted molar refractivity (Wildman–Crippen MR) is 293 cm³/mol. The van der Waals surface area contributed by atoms with Gasteiger partial charge in [-0.05, 0) is 137 Å². The molecule has 0 bridgehead atoms. The maximum atomic E-state index is 2.84. The van der Waals surface area contributed by atoms with Gasteiger partial charge in [-0.1, -0.05) is 185 Å². The fourth-order valence-electron chi connectivity index (χ4n) is 14.5. The van der Waals surface area contributed by atoms with Crippen LogP contribution in [0.3, 0.4) is 0 Å². The highest BCUT2D eigenvalue weighted by Gasteiger charge is 2.56. The van der Waals surface area contributed by atoms with Gasteiger partial charge in [-0.2, -0.15) is 0 Å². The van der Waals surface area contributed by atoms with Gasteiger partial charge in [-0.3, -0.25) is 0 Å². The Bertz CT molecular complexity index is 3930. The highest BCUT2D eigenvalue weighted by Crippen LogP contribution is 2.49. The highest BCUT2D eigenvalue weighted by atomic mass is 28.3. The third-order valence-corrected chi connectivity index (χ3v) is 22.3. The van der Waals surface area contributed by atoms with Crippen molar-refractivity contribution in [2.75, 3.05) is 0 Å². The average Bonchev–Trinajstić information content (AvgIpc) is 4.03. The van der Waals surface area contributed by atoms with Crippen molar-refractivity contribution in [1.82, 2.24) is 9.13 Å². The molecule has 4 heteroatoms. The van der Waals surface area contributed by atoms with Gasteiger partial charge in [0.1, 0.15) is 0 Å². The number of rotatable bonds is 8. The van der Waals surface area contributed by atoms with E-state index >= 15 is 0 Å². The molecule has 0 unspecified atom stereocenters. The average molecular weight is 887 g/mol. The molecule has 4 aliphatic rings. The van der Waals surface area contributed by atoms with Gasteiger partial charge in [-0.15, -0.1) is 0 Å². The Morgan fingerprint density at radius 2 is 1.03 bits per heavy atom. The van der Waals surface area contributed by atoms with Gasteiger partial charge in [-0.25, -0.2) is 0 Å². The van der Waals surface area contributed by atoms with Crippen LogP contribution >= 0.6 is 0 Å². The van der Waals surface area contributed by atoms with Crippen molar-refractivity contribution in [2.45, 2.75) is 65.2 Å². The molecule has 1 spiro atoms. The number of hydrogen-bond donors (Lipinski definition) is 0. The van der Waals surface area contributed by atoms with E-state index in [1.165, 1.54) is 116 Å². The van der Waals surface area contributed by atoms with E-state index in [9.17, 15) is 0 Å². The maximum Gasteiger partial charge on any atom is 0.252 e. The van der Waals surface area contributed by atoms with Gasteiger partial charge >= 0.3 is 0 Å². The van der Waals surface area contributed by atoms with Crippen LogP contribution in [0.1, 0.15) is 76.3 Å². The number of nitrogens with zero attached hydrogens (tertiary/aromatic N) is 2. The maximum absolute atomic E-state index is 2.94. The minimum absolute atomic E-state index is 0.0355. The van der Waals surface area contributed by atoms with Crippen LogP contribution in [0.4, 0.5) is 0 Å². The molecule has 4 aliphatic heterocycles. The van der Waals surface area contributed by atoms with E-state index in [0.29, 0.717) is 11.8 Å². The summed E-state index contributed by atoms with van der Waals surface area (Å²) < 4.78 is 5.56. The van der Waals surface area contributed by atoms with Crippen LogP contribution in [0.15, 0.2) is 176 Å². The van der Waals surface area contributed by atoms with E-state index in [4.69, 9.17) is 0 Å². The molecule has 2 nitrogen and oxygen atoms in total. The third-order valence-electron chi connectivity index (χ3n) is 17.4. The molecule has 0 saturated carbocycles. The fourth-order valence-corrected chi connectivity index (χ4v) is 20.1. The SMILES string of the molecule is CCC(CC)c1cc2c3c(c1)c1cc(C(CC)CC)cc4c1n3-c1c(ccc3c1B2c1cc2ccccc2c2c(-c5ccccc5)c(-c5ccccc5)n-3c12)[Si]41c2ccccc2-c2ccccc21. The summed E-state index contributed by atoms with van der Waals surface area (Å²) in [4.78, 5) is 0. The fraction of sp³-hybridized carbons (Fsp3) is 0.156. The van der Waals surface area contributed by atoms with Gasteiger partial charge < -0.3 is 9.13 Å². The number of fused-ring (bicyclic) bond motifs is 13. The van der Waals surface area contributed by atoms with Gasteiger partial charge in [0.2, 0.25) is 0 Å². The molecular weight excluding hydrogens is 836 g/mol. The standard InChI is InChI=1S/C64H51BN2Si/c1-5-38(6-2)43-33-48-49-34-44(39(7-3)8-4)37-56-62(49)67-61(48)50(36-43)65-51-35-42-25-15-16-26-45(42)58-57(40-21-11-9-12-22-40)60(41-23-13-10-14-24-41)66(63(51)58)52-31-32-55(64(67)59(52)65)68(56)53-29-19-17-27-46(53)47-28-18-20-30-54(47)68/h9-39H,5-8H2,1-4H3. The zero-order chi connectivity index (χ0) is 45.2. The van der Waals surface area contributed by atoms with Crippen LogP contribution < -0.4 is 37.1 Å². The minimum Gasteiger partial charge on any atom is -0.310 e. The minimum atomic E-state index is -2.94. The van der Waals surface area contributed by atoms with Gasteiger partial charge in [0.15, 0.2) is 8.07 Å². The predicted octanol–water partition coefficient (Wildman–Crippen LogP) is 11.8. The summed E-state index contributed by atoms with van der Waals surface area (Å²) in [6.07, 6.45) is 4.50. The zero-order valence-corrected chi connectivity index (χ0v) is 40.2. The van der Waals surface area contributed by atoms with Gasteiger partial charge in [0.25, 0.3) is 6.71 Å². The van der Waals surface area contributed by atoms with E-state index < -0.39 is 8.07 Å². The largest absolute Gasteiger partial charge is 0.310 e. The first kappa shape index (κ1) is 38.9. The van der Waals surface area contributed by atoms with E-state index in [-0.39, 0.29) is 6.71 Å². The van der Waals surface area contributed by atoms with E-state index in [0.717, 1.165) is 25.7 Å². The normalized spacial score (nSPS) is 14.2. The van der Waals surface area contributed by atoms with Crippen LogP contribution in [0.25, 0.3) is 88.4 Å². The molecular formula is C64H51BN2Si. The molecule has 324 valence electrons. The molecule has 0 aliphatic carbocycles. The number of hydrogen-bond acceptors (Lipinski definition) is 0. The molecule has 6 heterocycles. The summed E-state index contributed by atoms with van der Waals surface area (Å²) in [6, 6.07) is 69.4. The lowest BCUT2D eigenvalue weighted by Crippen LogP contribution is -2.77. The summed E-state index contributed by atoms with van der Waals surface area (Å²) >= 11 is 0. The lowest BCUT2D eigenvalue weighted by atomic mass is 9.34. The first-order valence-electron chi connectivity index (χ1n) is 25.3. The highest BCUT2D eigenvalue weighted by molar-refractivity contribution is 7.24. The Balaban J connectivity index is 1.22. The first-order valence-corrected chi connectivity index (χ1v) is 27.3. The van der Waals surface area contributed by atoms with Gasteiger partial charge in [0, 0.05) is 38.6 Å². The lowest BCUT2D eigenvalue weighted by Gasteiger charge is -2.43. The Morgan fingerprint density at radius 1 is 0.456 bits per heavy atom. The van der Waals surface area contributed by atoms with E-state index in [1.54, 1.807) is 20.7 Å². The van der Waals surface area contributed by atoms with Crippen molar-refractivity contribution in [3.8, 4) is 44.9 Å². The molecule has 9 aromatic carbocycles. The van der Waals surface area contributed by atoms with Crippen molar-refractivity contribution in [2.24, 2.45) is 0 Å². The molecule has 0 saturated heterocycles. The molecule has 15 rings (SSSR count). The van der Waals surface area contributed by atoms with E-state index in [2.05, 4.69) is 213 Å². The molecule has 0 atom stereocenters. The van der Waals surface area contributed by atoms with Crippen LogP contribution in [0.5, 0.6) is 0 Å². The molecule has 0 radical (unpaired) electrons. The van der Waals surface area contributed by atoms with Crippen LogP contribution in [-0.4, -0.2) is 23.9 Å². The quantitative estimate of drug-likeness (QED) is 0.135. The van der Waals surface area contributed by atoms with Crippen molar-refractivity contribution in [1.29, 1.82) is 0 Å². The lowest BCUT2D eigenvalue weighted by molar-refractivity contribution is 0.643. The van der Waals surface area contributed by atoms with Crippen LogP contribution in [-0.2, 0) is 0 Å². The monoisotopic (exact) mass is 886 g/mol. The number of aromatic nitrogens is 2. The van der Waals surface area contributed by atoms with Crippen molar-refractivity contribution >= 4 is 95.4 Å². The summed E-state index contributed by atoms with van der Waals surface area (Å²) in [6.45, 7) is 9.62. The molecule has 68 heavy (non-hydrogen) atoms. The summed E-state index contributed by atoms with van der Waals surface area (Å²) in [7, 11) is -2.94. The molecule has 0 amide bonds. The Labute approximate surface area is 399 Å². The second kappa shape index (κ2) is 14.0. The Hall–Kier alpha value is -7.14. The summed E-state index contributed by atoms with van der Waals surface area (Å²) in [5, 5.41) is 13.1. The Kier molecular flexibility index (Phi) is 7.99. The van der Waals surface area contributed by atoms with Crippen LogP contribution in [0.2, 0.25) is 0 Å². The zero-order valence-electron chi connectivity index (χ0n) is 39.2. The smallest absolute Gasteiger partial charge is 0.252 e. The third kappa shape index (κ3) is 4.61. The molecule has 11 aromatic rings. The van der Waals surface area contributed by atoms with E-state index in [1.807, 2.05) is 0 Å². The second-order valence-corrected chi connectivity index (χ2v) is 23.9. The topological polar surface area (TPSA) is 9.86 Å².